The van der Waals surface area contributed by atoms with Crippen molar-refractivity contribution in [3.8, 4) is 0 Å². The van der Waals surface area contributed by atoms with E-state index in [0.717, 1.165) is 24.6 Å². The summed E-state index contributed by atoms with van der Waals surface area (Å²) in [4.78, 5) is 18.4. The number of aromatic nitrogens is 3. The minimum atomic E-state index is 0.00897. The smallest absolute Gasteiger partial charge is 0.242 e. The molecule has 1 unspecified atom stereocenters. The summed E-state index contributed by atoms with van der Waals surface area (Å²) in [5, 5.41) is 10.1. The van der Waals surface area contributed by atoms with Crippen LogP contribution in [0, 0.1) is 0 Å². The summed E-state index contributed by atoms with van der Waals surface area (Å²) in [6.07, 6.45) is 6.23. The molecule has 19 heavy (non-hydrogen) atoms. The zero-order valence-corrected chi connectivity index (χ0v) is 11.2. The van der Waals surface area contributed by atoms with Gasteiger partial charge >= 0.3 is 0 Å². The number of hydrogen-bond donors (Lipinski definition) is 1. The molecule has 0 radical (unpaired) electrons. The molecular formula is C12H15N5OS. The largest absolute Gasteiger partial charge is 0.350 e. The molecule has 100 valence electrons. The molecule has 0 bridgehead atoms. The van der Waals surface area contributed by atoms with Crippen LogP contribution >= 0.6 is 11.3 Å². The molecule has 0 aliphatic carbocycles. The SMILES string of the molecule is O=C(Cn1cccn1)NC1CCN(c2nccs2)C1. The lowest BCUT2D eigenvalue weighted by atomic mass is 10.2. The van der Waals surface area contributed by atoms with Gasteiger partial charge in [-0.2, -0.15) is 5.10 Å². The van der Waals surface area contributed by atoms with Gasteiger partial charge in [0.1, 0.15) is 6.54 Å². The summed E-state index contributed by atoms with van der Waals surface area (Å²) >= 11 is 1.63. The van der Waals surface area contributed by atoms with E-state index in [1.54, 1.807) is 28.4 Å². The van der Waals surface area contributed by atoms with Gasteiger partial charge in [0.25, 0.3) is 0 Å². The molecule has 1 aliphatic rings. The van der Waals surface area contributed by atoms with Crippen LogP contribution in [0.25, 0.3) is 0 Å². The average molecular weight is 277 g/mol. The van der Waals surface area contributed by atoms with E-state index in [0.29, 0.717) is 0 Å². The monoisotopic (exact) mass is 277 g/mol. The van der Waals surface area contributed by atoms with E-state index in [-0.39, 0.29) is 18.5 Å². The summed E-state index contributed by atoms with van der Waals surface area (Å²) in [6, 6.07) is 2.01. The number of hydrogen-bond acceptors (Lipinski definition) is 5. The fourth-order valence-corrected chi connectivity index (χ4v) is 2.92. The van der Waals surface area contributed by atoms with Crippen molar-refractivity contribution < 1.29 is 4.79 Å². The highest BCUT2D eigenvalue weighted by Crippen LogP contribution is 2.22. The third kappa shape index (κ3) is 2.93. The highest BCUT2D eigenvalue weighted by atomic mass is 32.1. The minimum absolute atomic E-state index is 0.00897. The Kier molecular flexibility index (Phi) is 3.45. The molecule has 3 rings (SSSR count). The van der Waals surface area contributed by atoms with Gasteiger partial charge < -0.3 is 10.2 Å². The normalized spacial score (nSPS) is 18.7. The maximum Gasteiger partial charge on any atom is 0.242 e. The Morgan fingerprint density at radius 1 is 1.53 bits per heavy atom. The Morgan fingerprint density at radius 3 is 3.21 bits per heavy atom. The molecule has 0 saturated carbocycles. The van der Waals surface area contributed by atoms with Crippen molar-refractivity contribution >= 4 is 22.4 Å². The van der Waals surface area contributed by atoms with E-state index in [9.17, 15) is 4.79 Å². The lowest BCUT2D eigenvalue weighted by molar-refractivity contribution is -0.122. The average Bonchev–Trinajstić information content (AvgIpc) is 3.09. The van der Waals surface area contributed by atoms with Gasteiger partial charge in [-0.15, -0.1) is 11.3 Å². The minimum Gasteiger partial charge on any atom is -0.350 e. The van der Waals surface area contributed by atoms with Gasteiger partial charge in [0, 0.05) is 43.1 Å². The highest BCUT2D eigenvalue weighted by molar-refractivity contribution is 7.13. The maximum absolute atomic E-state index is 11.9. The van der Waals surface area contributed by atoms with E-state index in [2.05, 4.69) is 20.3 Å². The Hall–Kier alpha value is -1.89. The zero-order valence-electron chi connectivity index (χ0n) is 10.4. The van der Waals surface area contributed by atoms with E-state index >= 15 is 0 Å². The van der Waals surface area contributed by atoms with Crippen molar-refractivity contribution in [3.05, 3.63) is 30.0 Å². The Balaban J connectivity index is 1.50. The van der Waals surface area contributed by atoms with Crippen LogP contribution in [0.15, 0.2) is 30.0 Å². The van der Waals surface area contributed by atoms with Gasteiger partial charge in [0.2, 0.25) is 5.91 Å². The van der Waals surface area contributed by atoms with Crippen LogP contribution in [-0.2, 0) is 11.3 Å². The summed E-state index contributed by atoms with van der Waals surface area (Å²) < 4.78 is 1.63. The number of carbonyl (C=O) groups excluding carboxylic acids is 1. The van der Waals surface area contributed by atoms with Gasteiger partial charge in [-0.05, 0) is 12.5 Å². The number of nitrogens with one attached hydrogen (secondary N) is 1. The van der Waals surface area contributed by atoms with E-state index in [1.165, 1.54) is 0 Å². The van der Waals surface area contributed by atoms with Crippen molar-refractivity contribution in [3.63, 3.8) is 0 Å². The van der Waals surface area contributed by atoms with E-state index in [1.807, 2.05) is 17.6 Å². The van der Waals surface area contributed by atoms with Crippen molar-refractivity contribution in [1.82, 2.24) is 20.1 Å². The van der Waals surface area contributed by atoms with Crippen LogP contribution in [0.1, 0.15) is 6.42 Å². The zero-order chi connectivity index (χ0) is 13.1. The van der Waals surface area contributed by atoms with Crippen LogP contribution in [0.5, 0.6) is 0 Å². The van der Waals surface area contributed by atoms with Gasteiger partial charge in [-0.1, -0.05) is 0 Å². The fourth-order valence-electron chi connectivity index (χ4n) is 2.24. The molecule has 1 saturated heterocycles. The second-order valence-corrected chi connectivity index (χ2v) is 5.39. The summed E-state index contributed by atoms with van der Waals surface area (Å²) in [5.41, 5.74) is 0. The summed E-state index contributed by atoms with van der Waals surface area (Å²) in [7, 11) is 0. The van der Waals surface area contributed by atoms with Crippen LogP contribution < -0.4 is 10.2 Å². The molecule has 1 fully saturated rings. The van der Waals surface area contributed by atoms with E-state index < -0.39 is 0 Å². The van der Waals surface area contributed by atoms with Gasteiger partial charge in [-0.25, -0.2) is 4.98 Å². The molecule has 1 N–H and O–H groups in total. The molecule has 0 spiro atoms. The first kappa shape index (κ1) is 12.2. The topological polar surface area (TPSA) is 63.1 Å². The second-order valence-electron chi connectivity index (χ2n) is 4.52. The lowest BCUT2D eigenvalue weighted by Crippen LogP contribution is -2.39. The van der Waals surface area contributed by atoms with Crippen molar-refractivity contribution in [2.75, 3.05) is 18.0 Å². The molecule has 1 amide bonds. The lowest BCUT2D eigenvalue weighted by Gasteiger charge is -2.15. The molecule has 7 heteroatoms. The number of anilines is 1. The maximum atomic E-state index is 11.9. The Morgan fingerprint density at radius 2 is 2.47 bits per heavy atom. The van der Waals surface area contributed by atoms with Crippen LogP contribution in [-0.4, -0.2) is 39.8 Å². The first-order chi connectivity index (χ1) is 9.31. The van der Waals surface area contributed by atoms with Crippen molar-refractivity contribution in [2.45, 2.75) is 19.0 Å². The van der Waals surface area contributed by atoms with Crippen LogP contribution in [0.4, 0.5) is 5.13 Å². The standard InChI is InChI=1S/C12H15N5OS/c18-11(9-17-5-1-3-14-17)15-10-2-6-16(8-10)12-13-4-7-19-12/h1,3-5,7,10H,2,6,8-9H2,(H,15,18). The highest BCUT2D eigenvalue weighted by Gasteiger charge is 2.25. The summed E-state index contributed by atoms with van der Waals surface area (Å²) in [6.45, 7) is 2.05. The molecule has 2 aromatic rings. The summed E-state index contributed by atoms with van der Waals surface area (Å²) in [5.74, 6) is 0.00897. The number of nitrogens with zero attached hydrogens (tertiary/aromatic N) is 4. The fraction of sp³-hybridized carbons (Fsp3) is 0.417. The van der Waals surface area contributed by atoms with Gasteiger partial charge in [-0.3, -0.25) is 9.48 Å². The number of carbonyl (C=O) groups is 1. The van der Waals surface area contributed by atoms with Gasteiger partial charge in [0.05, 0.1) is 0 Å². The molecule has 6 nitrogen and oxygen atoms in total. The number of thiazole rings is 1. The molecule has 2 aromatic heterocycles. The second kappa shape index (κ2) is 5.40. The predicted octanol–water partition coefficient (Wildman–Crippen LogP) is 0.735. The van der Waals surface area contributed by atoms with E-state index in [4.69, 9.17) is 0 Å². The van der Waals surface area contributed by atoms with Crippen LogP contribution in [0.2, 0.25) is 0 Å². The molecule has 0 aromatic carbocycles. The van der Waals surface area contributed by atoms with Crippen molar-refractivity contribution in [1.29, 1.82) is 0 Å². The van der Waals surface area contributed by atoms with Crippen molar-refractivity contribution in [2.24, 2.45) is 0 Å². The van der Waals surface area contributed by atoms with Gasteiger partial charge in [0.15, 0.2) is 5.13 Å². The third-order valence-electron chi connectivity index (χ3n) is 3.11. The molecular weight excluding hydrogens is 262 g/mol. The number of rotatable bonds is 4. The third-order valence-corrected chi connectivity index (χ3v) is 3.94. The molecule has 1 atom stereocenters. The molecule has 3 heterocycles. The number of amides is 1. The first-order valence-corrected chi connectivity index (χ1v) is 7.10. The Bertz CT molecular complexity index is 524. The molecule has 1 aliphatic heterocycles. The van der Waals surface area contributed by atoms with Crippen LogP contribution in [0.3, 0.4) is 0 Å². The quantitative estimate of drug-likeness (QED) is 0.895. The Labute approximate surface area is 115 Å². The predicted molar refractivity (Wildman–Crippen MR) is 73.1 cm³/mol. The first-order valence-electron chi connectivity index (χ1n) is 6.22.